The van der Waals surface area contributed by atoms with Gasteiger partial charge in [0.05, 0.1) is 11.2 Å². The maximum Gasteiger partial charge on any atom is 0.244 e. The Morgan fingerprint density at radius 3 is 2.73 bits per heavy atom. The fourth-order valence-corrected chi connectivity index (χ4v) is 2.37. The van der Waals surface area contributed by atoms with Crippen molar-refractivity contribution in [3.05, 3.63) is 51.4 Å². The zero-order valence-electron chi connectivity index (χ0n) is 11.6. The molecule has 0 radical (unpaired) electrons. The van der Waals surface area contributed by atoms with Crippen LogP contribution in [0, 0.1) is 0 Å². The van der Waals surface area contributed by atoms with Gasteiger partial charge in [0, 0.05) is 34.6 Å². The Morgan fingerprint density at radius 2 is 2.05 bits per heavy atom. The monoisotopic (exact) mass is 379 g/mol. The van der Waals surface area contributed by atoms with E-state index in [0.717, 1.165) is 15.9 Å². The maximum absolute atomic E-state index is 11.7. The Labute approximate surface area is 140 Å². The van der Waals surface area contributed by atoms with Crippen molar-refractivity contribution in [2.24, 2.45) is 0 Å². The van der Waals surface area contributed by atoms with E-state index in [0.29, 0.717) is 0 Å². The second-order valence-electron chi connectivity index (χ2n) is 4.34. The molecule has 2 aromatic rings. The topological polar surface area (TPSA) is 71.1 Å². The molecule has 114 valence electrons. The van der Waals surface area contributed by atoms with Crippen LogP contribution < -0.4 is 10.6 Å². The first kappa shape index (κ1) is 16.4. The van der Waals surface area contributed by atoms with Crippen molar-refractivity contribution >= 4 is 50.8 Å². The number of benzene rings is 1. The first-order valence-corrected chi connectivity index (χ1v) is 8.26. The lowest BCUT2D eigenvalue weighted by Gasteiger charge is -2.05. The highest BCUT2D eigenvalue weighted by Crippen LogP contribution is 2.14. The fourth-order valence-electron chi connectivity index (χ4n) is 1.58. The molecule has 0 aliphatic heterocycles. The average molecular weight is 380 g/mol. The number of hydrogen-bond donors (Lipinski definition) is 2. The van der Waals surface area contributed by atoms with Crippen LogP contribution in [0.5, 0.6) is 0 Å². The summed E-state index contributed by atoms with van der Waals surface area (Å²) in [5.41, 5.74) is 3.17. The molecule has 0 aliphatic carbocycles. The maximum atomic E-state index is 11.7. The van der Waals surface area contributed by atoms with Gasteiger partial charge < -0.3 is 10.6 Å². The van der Waals surface area contributed by atoms with Crippen LogP contribution in [0.25, 0.3) is 6.08 Å². The standard InChI is InChI=1S/C15H14BrN3O2S/c16-11-1-3-12(4-2-11)19-15(21)7-8-17-14(20)6-5-13-9-22-10-18-13/h1-6,9-10H,7-8H2,(H,17,20)(H,19,21)/b6-5+. The predicted molar refractivity (Wildman–Crippen MR) is 91.5 cm³/mol. The molecule has 0 atom stereocenters. The summed E-state index contributed by atoms with van der Waals surface area (Å²) in [5, 5.41) is 7.25. The Balaban J connectivity index is 1.68. The molecule has 1 heterocycles. The van der Waals surface area contributed by atoms with Gasteiger partial charge in [-0.3, -0.25) is 9.59 Å². The molecule has 0 spiro atoms. The number of carbonyl (C=O) groups excluding carboxylic acids is 2. The van der Waals surface area contributed by atoms with E-state index in [2.05, 4.69) is 31.5 Å². The lowest BCUT2D eigenvalue weighted by Crippen LogP contribution is -2.26. The van der Waals surface area contributed by atoms with Gasteiger partial charge in [-0.05, 0) is 30.3 Å². The summed E-state index contributed by atoms with van der Waals surface area (Å²) in [5.74, 6) is -0.393. The number of thiazole rings is 1. The highest BCUT2D eigenvalue weighted by Gasteiger charge is 2.03. The largest absolute Gasteiger partial charge is 0.352 e. The molecule has 22 heavy (non-hydrogen) atoms. The van der Waals surface area contributed by atoms with Crippen molar-refractivity contribution in [1.82, 2.24) is 10.3 Å². The molecule has 2 N–H and O–H groups in total. The summed E-state index contributed by atoms with van der Waals surface area (Å²) in [4.78, 5) is 27.3. The van der Waals surface area contributed by atoms with Crippen LogP contribution in [-0.2, 0) is 9.59 Å². The van der Waals surface area contributed by atoms with Crippen molar-refractivity contribution in [2.45, 2.75) is 6.42 Å². The lowest BCUT2D eigenvalue weighted by molar-refractivity contribution is -0.117. The number of nitrogens with one attached hydrogen (secondary N) is 2. The van der Waals surface area contributed by atoms with Crippen LogP contribution in [0.3, 0.4) is 0 Å². The Kier molecular flexibility index (Phi) is 6.29. The summed E-state index contributed by atoms with van der Waals surface area (Å²) in [7, 11) is 0. The second-order valence-corrected chi connectivity index (χ2v) is 5.98. The van der Waals surface area contributed by atoms with E-state index in [9.17, 15) is 9.59 Å². The number of anilines is 1. The van der Waals surface area contributed by atoms with E-state index in [1.54, 1.807) is 23.7 Å². The smallest absolute Gasteiger partial charge is 0.244 e. The average Bonchev–Trinajstić information content (AvgIpc) is 3.01. The summed E-state index contributed by atoms with van der Waals surface area (Å²) < 4.78 is 0.949. The van der Waals surface area contributed by atoms with E-state index < -0.39 is 0 Å². The minimum Gasteiger partial charge on any atom is -0.352 e. The first-order valence-electron chi connectivity index (χ1n) is 6.53. The van der Waals surface area contributed by atoms with Gasteiger partial charge in [-0.25, -0.2) is 4.98 Å². The predicted octanol–water partition coefficient (Wildman–Crippen LogP) is 3.06. The number of amides is 2. The third-order valence-corrected chi connectivity index (χ3v) is 3.77. The number of aromatic nitrogens is 1. The van der Waals surface area contributed by atoms with E-state index in [4.69, 9.17) is 0 Å². The zero-order chi connectivity index (χ0) is 15.8. The molecule has 0 bridgehead atoms. The molecule has 0 fully saturated rings. The molecule has 2 amide bonds. The van der Waals surface area contributed by atoms with Crippen LogP contribution in [0.15, 0.2) is 45.7 Å². The normalized spacial score (nSPS) is 10.6. The number of nitrogens with zero attached hydrogens (tertiary/aromatic N) is 1. The van der Waals surface area contributed by atoms with Gasteiger partial charge in [0.2, 0.25) is 11.8 Å². The third-order valence-electron chi connectivity index (χ3n) is 2.64. The number of carbonyl (C=O) groups is 2. The van der Waals surface area contributed by atoms with Gasteiger partial charge in [-0.15, -0.1) is 11.3 Å². The summed E-state index contributed by atoms with van der Waals surface area (Å²) in [6, 6.07) is 7.30. The van der Waals surface area contributed by atoms with E-state index in [1.165, 1.54) is 17.4 Å². The molecule has 5 nitrogen and oxygen atoms in total. The molecule has 0 saturated heterocycles. The van der Waals surface area contributed by atoms with Crippen molar-refractivity contribution in [1.29, 1.82) is 0 Å². The van der Waals surface area contributed by atoms with Crippen molar-refractivity contribution < 1.29 is 9.59 Å². The van der Waals surface area contributed by atoms with Crippen LogP contribution in [0.1, 0.15) is 12.1 Å². The molecule has 7 heteroatoms. The molecule has 0 unspecified atom stereocenters. The van der Waals surface area contributed by atoms with E-state index in [1.807, 2.05) is 17.5 Å². The zero-order valence-corrected chi connectivity index (χ0v) is 14.0. The molecule has 2 rings (SSSR count). The Hall–Kier alpha value is -1.99. The van der Waals surface area contributed by atoms with Crippen LogP contribution in [-0.4, -0.2) is 23.3 Å². The number of rotatable bonds is 6. The summed E-state index contributed by atoms with van der Waals surface area (Å²) in [6.45, 7) is 0.280. The van der Waals surface area contributed by atoms with Crippen molar-refractivity contribution in [3.63, 3.8) is 0 Å². The summed E-state index contributed by atoms with van der Waals surface area (Å²) >= 11 is 4.79. The minimum absolute atomic E-state index is 0.147. The molecule has 0 aliphatic rings. The first-order chi connectivity index (χ1) is 10.6. The van der Waals surface area contributed by atoms with Gasteiger partial charge in [-0.1, -0.05) is 15.9 Å². The molecular formula is C15H14BrN3O2S. The fraction of sp³-hybridized carbons (Fsp3) is 0.133. The molecule has 0 saturated carbocycles. The van der Waals surface area contributed by atoms with Gasteiger partial charge in [-0.2, -0.15) is 0 Å². The second kappa shape index (κ2) is 8.45. The van der Waals surface area contributed by atoms with Crippen LogP contribution in [0.4, 0.5) is 5.69 Å². The van der Waals surface area contributed by atoms with E-state index in [-0.39, 0.29) is 24.8 Å². The highest BCUT2D eigenvalue weighted by atomic mass is 79.9. The number of halogens is 1. The SMILES string of the molecule is O=C(/C=C/c1cscn1)NCCC(=O)Nc1ccc(Br)cc1. The lowest BCUT2D eigenvalue weighted by atomic mass is 10.3. The quantitative estimate of drug-likeness (QED) is 0.757. The van der Waals surface area contributed by atoms with Crippen LogP contribution in [0.2, 0.25) is 0 Å². The number of hydrogen-bond acceptors (Lipinski definition) is 4. The molecule has 1 aromatic carbocycles. The van der Waals surface area contributed by atoms with Gasteiger partial charge in [0.15, 0.2) is 0 Å². The molecule has 1 aromatic heterocycles. The van der Waals surface area contributed by atoms with Gasteiger partial charge >= 0.3 is 0 Å². The van der Waals surface area contributed by atoms with Crippen molar-refractivity contribution in [3.8, 4) is 0 Å². The Bertz CT molecular complexity index is 654. The Morgan fingerprint density at radius 1 is 1.27 bits per heavy atom. The molecular weight excluding hydrogens is 366 g/mol. The third kappa shape index (κ3) is 5.79. The van der Waals surface area contributed by atoms with E-state index >= 15 is 0 Å². The van der Waals surface area contributed by atoms with Crippen LogP contribution >= 0.6 is 27.3 Å². The van der Waals surface area contributed by atoms with Gasteiger partial charge in [0.1, 0.15) is 0 Å². The highest BCUT2D eigenvalue weighted by molar-refractivity contribution is 9.10. The minimum atomic E-state index is -0.246. The van der Waals surface area contributed by atoms with Crippen molar-refractivity contribution in [2.75, 3.05) is 11.9 Å². The summed E-state index contributed by atoms with van der Waals surface area (Å²) in [6.07, 6.45) is 3.25. The van der Waals surface area contributed by atoms with Gasteiger partial charge in [0.25, 0.3) is 0 Å².